The van der Waals surface area contributed by atoms with Gasteiger partial charge in [0.15, 0.2) is 15.7 Å². The summed E-state index contributed by atoms with van der Waals surface area (Å²) in [6, 6.07) is 0. The first-order valence-electron chi connectivity index (χ1n) is 7.33. The summed E-state index contributed by atoms with van der Waals surface area (Å²) in [4.78, 5) is 0.168. The SMILES string of the molecule is CCCS(=O)(=O)c1c(N)nsc1NCC1CCOC1CC. The Morgan fingerprint density at radius 3 is 2.90 bits per heavy atom. The molecule has 0 spiro atoms. The molecule has 0 bridgehead atoms. The minimum Gasteiger partial charge on any atom is -0.382 e. The first kappa shape index (κ1) is 16.5. The van der Waals surface area contributed by atoms with E-state index in [0.717, 1.165) is 31.0 Å². The number of aromatic nitrogens is 1. The number of nitrogens with zero attached hydrogens (tertiary/aromatic N) is 1. The Morgan fingerprint density at radius 2 is 2.24 bits per heavy atom. The molecule has 0 amide bonds. The van der Waals surface area contributed by atoms with Crippen molar-refractivity contribution in [2.45, 2.75) is 44.1 Å². The van der Waals surface area contributed by atoms with Crippen molar-refractivity contribution in [1.82, 2.24) is 4.37 Å². The minimum absolute atomic E-state index is 0.0917. The Labute approximate surface area is 130 Å². The van der Waals surface area contributed by atoms with Crippen molar-refractivity contribution < 1.29 is 13.2 Å². The van der Waals surface area contributed by atoms with Gasteiger partial charge in [-0.25, -0.2) is 8.42 Å². The first-order chi connectivity index (χ1) is 9.99. The molecular weight excluding hydrogens is 310 g/mol. The van der Waals surface area contributed by atoms with E-state index < -0.39 is 9.84 Å². The van der Waals surface area contributed by atoms with Gasteiger partial charge < -0.3 is 15.8 Å². The van der Waals surface area contributed by atoms with E-state index in [4.69, 9.17) is 10.5 Å². The maximum atomic E-state index is 12.3. The quantitative estimate of drug-likeness (QED) is 0.794. The largest absolute Gasteiger partial charge is 0.382 e. The van der Waals surface area contributed by atoms with E-state index >= 15 is 0 Å². The lowest BCUT2D eigenvalue weighted by molar-refractivity contribution is 0.0900. The number of hydrogen-bond donors (Lipinski definition) is 2. The van der Waals surface area contributed by atoms with E-state index in [0.29, 0.717) is 23.9 Å². The topological polar surface area (TPSA) is 94.3 Å². The van der Waals surface area contributed by atoms with Crippen LogP contribution in [-0.2, 0) is 14.6 Å². The van der Waals surface area contributed by atoms with Crippen LogP contribution >= 0.6 is 11.5 Å². The molecular formula is C13H23N3O3S2. The monoisotopic (exact) mass is 333 g/mol. The van der Waals surface area contributed by atoms with Crippen LogP contribution in [0.5, 0.6) is 0 Å². The second-order valence-electron chi connectivity index (χ2n) is 5.29. The molecule has 21 heavy (non-hydrogen) atoms. The van der Waals surface area contributed by atoms with E-state index in [9.17, 15) is 8.42 Å². The molecule has 2 rings (SSSR count). The molecule has 1 aromatic rings. The van der Waals surface area contributed by atoms with E-state index in [1.54, 1.807) is 0 Å². The molecule has 1 aromatic heterocycles. The standard InChI is InChI=1S/C13H23N3O3S2/c1-3-7-21(17,18)11-12(14)16-20-13(11)15-8-9-5-6-19-10(9)4-2/h9-10,15H,3-8H2,1-2H3,(H2,14,16). The molecule has 2 heterocycles. The van der Waals surface area contributed by atoms with Gasteiger partial charge in [0.2, 0.25) is 0 Å². The zero-order valence-corrected chi connectivity index (χ0v) is 14.1. The van der Waals surface area contributed by atoms with Crippen LogP contribution in [0.25, 0.3) is 0 Å². The van der Waals surface area contributed by atoms with Crippen LogP contribution in [0.15, 0.2) is 4.90 Å². The van der Waals surface area contributed by atoms with Crippen molar-refractivity contribution in [3.8, 4) is 0 Å². The third-order valence-corrected chi connectivity index (χ3v) is 6.66. The molecule has 1 saturated heterocycles. The molecule has 0 saturated carbocycles. The van der Waals surface area contributed by atoms with E-state index in [1.807, 2.05) is 6.92 Å². The second-order valence-corrected chi connectivity index (χ2v) is 8.11. The van der Waals surface area contributed by atoms with Gasteiger partial charge in [-0.1, -0.05) is 13.8 Å². The predicted molar refractivity (Wildman–Crippen MR) is 85.5 cm³/mol. The summed E-state index contributed by atoms with van der Waals surface area (Å²) in [6.45, 7) is 5.40. The number of nitrogen functional groups attached to an aromatic ring is 1. The maximum Gasteiger partial charge on any atom is 0.185 e. The third-order valence-electron chi connectivity index (χ3n) is 3.73. The molecule has 3 N–H and O–H groups in total. The Kier molecular flexibility index (Phi) is 5.45. The van der Waals surface area contributed by atoms with Gasteiger partial charge in [0.05, 0.1) is 11.9 Å². The fourth-order valence-corrected chi connectivity index (χ4v) is 5.31. The summed E-state index contributed by atoms with van der Waals surface area (Å²) < 4.78 is 34.2. The highest BCUT2D eigenvalue weighted by Gasteiger charge is 2.29. The number of ether oxygens (including phenoxy) is 1. The number of nitrogens with two attached hydrogens (primary N) is 1. The fraction of sp³-hybridized carbons (Fsp3) is 0.769. The van der Waals surface area contributed by atoms with Gasteiger partial charge in [0, 0.05) is 19.1 Å². The minimum atomic E-state index is -3.36. The van der Waals surface area contributed by atoms with Crippen LogP contribution in [-0.4, -0.2) is 37.8 Å². The van der Waals surface area contributed by atoms with Crippen molar-refractivity contribution in [3.63, 3.8) is 0 Å². The van der Waals surface area contributed by atoms with Gasteiger partial charge in [-0.05, 0) is 30.8 Å². The molecule has 0 aromatic carbocycles. The lowest BCUT2D eigenvalue weighted by Gasteiger charge is -2.17. The molecule has 1 aliphatic rings. The van der Waals surface area contributed by atoms with Crippen molar-refractivity contribution in [3.05, 3.63) is 0 Å². The van der Waals surface area contributed by atoms with Gasteiger partial charge in [0.25, 0.3) is 0 Å². The highest BCUT2D eigenvalue weighted by atomic mass is 32.2. The Balaban J connectivity index is 2.11. The second kappa shape index (κ2) is 6.93. The van der Waals surface area contributed by atoms with Crippen molar-refractivity contribution in [1.29, 1.82) is 0 Å². The molecule has 6 nitrogen and oxygen atoms in total. The molecule has 0 aliphatic carbocycles. The average molecular weight is 333 g/mol. The van der Waals surface area contributed by atoms with E-state index in [-0.39, 0.29) is 22.6 Å². The fourth-order valence-electron chi connectivity index (χ4n) is 2.68. The van der Waals surface area contributed by atoms with E-state index in [2.05, 4.69) is 16.6 Å². The number of hydrogen-bond acceptors (Lipinski definition) is 7. The van der Waals surface area contributed by atoms with Crippen LogP contribution in [0.3, 0.4) is 0 Å². The van der Waals surface area contributed by atoms with Gasteiger partial charge in [-0.15, -0.1) is 0 Å². The third kappa shape index (κ3) is 3.67. The summed E-state index contributed by atoms with van der Waals surface area (Å²) >= 11 is 1.11. The predicted octanol–water partition coefficient (Wildman–Crippen LogP) is 2.14. The van der Waals surface area contributed by atoms with Crippen LogP contribution in [0, 0.1) is 5.92 Å². The molecule has 0 radical (unpaired) electrons. The molecule has 1 fully saturated rings. The molecule has 8 heteroatoms. The molecule has 2 unspecified atom stereocenters. The highest BCUT2D eigenvalue weighted by Crippen LogP contribution is 2.33. The lowest BCUT2D eigenvalue weighted by Crippen LogP contribution is -2.23. The van der Waals surface area contributed by atoms with Crippen molar-refractivity contribution in [2.75, 3.05) is 30.0 Å². The van der Waals surface area contributed by atoms with Crippen LogP contribution in [0.1, 0.15) is 33.1 Å². The number of sulfone groups is 1. The van der Waals surface area contributed by atoms with Crippen molar-refractivity contribution in [2.24, 2.45) is 5.92 Å². The number of rotatable bonds is 7. The van der Waals surface area contributed by atoms with Gasteiger partial charge in [-0.2, -0.15) is 4.37 Å². The Bertz CT molecular complexity index is 571. The zero-order valence-electron chi connectivity index (χ0n) is 12.5. The number of anilines is 2. The summed E-state index contributed by atoms with van der Waals surface area (Å²) in [5, 5.41) is 3.78. The van der Waals surface area contributed by atoms with E-state index in [1.165, 1.54) is 0 Å². The normalized spacial score (nSPS) is 22.6. The van der Waals surface area contributed by atoms with Crippen LogP contribution in [0.2, 0.25) is 0 Å². The zero-order chi connectivity index (χ0) is 15.5. The van der Waals surface area contributed by atoms with Crippen LogP contribution in [0.4, 0.5) is 10.8 Å². The maximum absolute atomic E-state index is 12.3. The van der Waals surface area contributed by atoms with Gasteiger partial charge >= 0.3 is 0 Å². The summed E-state index contributed by atoms with van der Waals surface area (Å²) in [7, 11) is -3.36. The Morgan fingerprint density at radius 1 is 1.48 bits per heavy atom. The van der Waals surface area contributed by atoms with Gasteiger partial charge in [-0.3, -0.25) is 0 Å². The first-order valence-corrected chi connectivity index (χ1v) is 9.75. The summed E-state index contributed by atoms with van der Waals surface area (Å²) in [5.74, 6) is 0.597. The lowest BCUT2D eigenvalue weighted by atomic mass is 10.00. The average Bonchev–Trinajstić information content (AvgIpc) is 3.02. The smallest absolute Gasteiger partial charge is 0.185 e. The summed E-state index contributed by atoms with van der Waals surface area (Å²) in [6.07, 6.45) is 2.78. The molecule has 1 aliphatic heterocycles. The highest BCUT2D eigenvalue weighted by molar-refractivity contribution is 7.91. The van der Waals surface area contributed by atoms with Crippen LogP contribution < -0.4 is 11.1 Å². The molecule has 2 atom stereocenters. The van der Waals surface area contributed by atoms with Gasteiger partial charge in [0.1, 0.15) is 9.90 Å². The summed E-state index contributed by atoms with van der Waals surface area (Å²) in [5.41, 5.74) is 5.75. The Hall–Kier alpha value is -0.860. The number of nitrogens with one attached hydrogen (secondary N) is 1. The molecule has 120 valence electrons. The van der Waals surface area contributed by atoms with Crippen molar-refractivity contribution >= 4 is 32.2 Å².